The van der Waals surface area contributed by atoms with E-state index in [4.69, 9.17) is 9.47 Å². The minimum atomic E-state index is -3.29. The highest BCUT2D eigenvalue weighted by molar-refractivity contribution is 7.88. The number of carbonyl (C=O) groups excluding carboxylic acids is 1. The predicted octanol–water partition coefficient (Wildman–Crippen LogP) is 0.425. The topological polar surface area (TPSA) is 84.9 Å². The van der Waals surface area contributed by atoms with Crippen LogP contribution in [0.15, 0.2) is 18.2 Å². The van der Waals surface area contributed by atoms with E-state index in [1.165, 1.54) is 17.7 Å². The molecule has 116 valence electrons. The Morgan fingerprint density at radius 3 is 2.90 bits per heavy atom. The Morgan fingerprint density at radius 2 is 2.24 bits per heavy atom. The molecule has 8 heteroatoms. The van der Waals surface area contributed by atoms with Crippen molar-refractivity contribution in [2.45, 2.75) is 6.54 Å². The molecule has 0 fully saturated rings. The number of anilines is 1. The minimum absolute atomic E-state index is 0.0386. The van der Waals surface area contributed by atoms with Gasteiger partial charge in [-0.25, -0.2) is 8.42 Å². The number of hydrogen-bond donors (Lipinski definition) is 1. The SMILES string of the molecule is COCC(=O)Nc1ccc2c(c1)CN(S(C)(=O)=O)CCO2. The maximum absolute atomic E-state index is 11.7. The second-order valence-electron chi connectivity index (χ2n) is 4.75. The van der Waals surface area contributed by atoms with Gasteiger partial charge in [-0.3, -0.25) is 4.79 Å². The first kappa shape index (κ1) is 15.7. The molecule has 1 aliphatic rings. The molecule has 1 heterocycles. The average molecular weight is 314 g/mol. The van der Waals surface area contributed by atoms with Crippen LogP contribution in [-0.4, -0.2) is 51.8 Å². The van der Waals surface area contributed by atoms with Crippen LogP contribution >= 0.6 is 0 Å². The second kappa shape index (κ2) is 6.42. The van der Waals surface area contributed by atoms with Gasteiger partial charge in [0.05, 0.1) is 6.26 Å². The van der Waals surface area contributed by atoms with E-state index < -0.39 is 10.0 Å². The molecule has 0 bridgehead atoms. The quantitative estimate of drug-likeness (QED) is 0.871. The lowest BCUT2D eigenvalue weighted by Gasteiger charge is -2.16. The van der Waals surface area contributed by atoms with Gasteiger partial charge < -0.3 is 14.8 Å². The lowest BCUT2D eigenvalue weighted by atomic mass is 10.1. The third-order valence-electron chi connectivity index (χ3n) is 3.03. The molecule has 1 aromatic carbocycles. The van der Waals surface area contributed by atoms with Gasteiger partial charge in [-0.15, -0.1) is 0 Å². The molecule has 0 aliphatic carbocycles. The van der Waals surface area contributed by atoms with Crippen molar-refractivity contribution in [1.29, 1.82) is 0 Å². The average Bonchev–Trinajstić information content (AvgIpc) is 2.60. The Bertz CT molecular complexity index is 629. The summed E-state index contributed by atoms with van der Waals surface area (Å²) in [6.45, 7) is 0.791. The monoisotopic (exact) mass is 314 g/mol. The summed E-state index contributed by atoms with van der Waals surface area (Å²) in [5.74, 6) is 0.359. The van der Waals surface area contributed by atoms with Gasteiger partial charge in [0.25, 0.3) is 0 Å². The Hall–Kier alpha value is -1.64. The standard InChI is InChI=1S/C13H18N2O5S/c1-19-9-13(16)14-11-3-4-12-10(7-11)8-15(5-6-20-12)21(2,17)18/h3-4,7H,5-6,8-9H2,1-2H3,(H,14,16). The van der Waals surface area contributed by atoms with Gasteiger partial charge in [-0.05, 0) is 18.2 Å². The Balaban J connectivity index is 2.22. The highest BCUT2D eigenvalue weighted by Crippen LogP contribution is 2.27. The number of methoxy groups -OCH3 is 1. The first-order valence-electron chi connectivity index (χ1n) is 6.40. The number of benzene rings is 1. The maximum Gasteiger partial charge on any atom is 0.250 e. The van der Waals surface area contributed by atoms with Gasteiger partial charge in [-0.1, -0.05) is 0 Å². The summed E-state index contributed by atoms with van der Waals surface area (Å²) in [5.41, 5.74) is 1.29. The fraction of sp³-hybridized carbons (Fsp3) is 0.462. The zero-order valence-corrected chi connectivity index (χ0v) is 12.8. The summed E-state index contributed by atoms with van der Waals surface area (Å²) in [6.07, 6.45) is 1.17. The molecular formula is C13H18N2O5S. The molecule has 1 aromatic rings. The Labute approximate surface area is 123 Å². The lowest BCUT2D eigenvalue weighted by molar-refractivity contribution is -0.119. The second-order valence-corrected chi connectivity index (χ2v) is 6.73. The number of fused-ring (bicyclic) bond motifs is 1. The largest absolute Gasteiger partial charge is 0.492 e. The van der Waals surface area contributed by atoms with Gasteiger partial charge in [0.15, 0.2) is 0 Å². The summed E-state index contributed by atoms with van der Waals surface area (Å²) in [4.78, 5) is 11.5. The van der Waals surface area contributed by atoms with Crippen LogP contribution in [0.5, 0.6) is 5.75 Å². The number of carbonyl (C=O) groups is 1. The number of nitrogens with one attached hydrogen (secondary N) is 1. The summed E-state index contributed by atoms with van der Waals surface area (Å²) < 4.78 is 35.0. The van der Waals surface area contributed by atoms with Crippen molar-refractivity contribution in [2.24, 2.45) is 0 Å². The smallest absolute Gasteiger partial charge is 0.250 e. The lowest BCUT2D eigenvalue weighted by Crippen LogP contribution is -2.31. The molecule has 1 aliphatic heterocycles. The van der Waals surface area contributed by atoms with Crippen LogP contribution in [0.2, 0.25) is 0 Å². The number of hydrogen-bond acceptors (Lipinski definition) is 5. The summed E-state index contributed by atoms with van der Waals surface area (Å²) in [5, 5.41) is 2.68. The van der Waals surface area contributed by atoms with Crippen LogP contribution in [0.1, 0.15) is 5.56 Å². The van der Waals surface area contributed by atoms with Crippen molar-refractivity contribution in [2.75, 3.05) is 38.4 Å². The molecule has 0 spiro atoms. The van der Waals surface area contributed by atoms with Crippen LogP contribution in [0.3, 0.4) is 0 Å². The fourth-order valence-corrected chi connectivity index (χ4v) is 2.84. The van der Waals surface area contributed by atoms with Crippen LogP contribution < -0.4 is 10.1 Å². The number of sulfonamides is 1. The van der Waals surface area contributed by atoms with Crippen molar-refractivity contribution in [3.05, 3.63) is 23.8 Å². The van der Waals surface area contributed by atoms with E-state index in [0.717, 1.165) is 0 Å². The van der Waals surface area contributed by atoms with Gasteiger partial charge in [0.2, 0.25) is 15.9 Å². The van der Waals surface area contributed by atoms with E-state index in [1.54, 1.807) is 18.2 Å². The first-order valence-corrected chi connectivity index (χ1v) is 8.24. The van der Waals surface area contributed by atoms with E-state index >= 15 is 0 Å². The zero-order valence-electron chi connectivity index (χ0n) is 12.0. The molecule has 0 aromatic heterocycles. The van der Waals surface area contributed by atoms with Gasteiger partial charge in [0.1, 0.15) is 19.0 Å². The normalized spacial score (nSPS) is 15.7. The van der Waals surface area contributed by atoms with E-state index in [1.807, 2.05) is 0 Å². The molecule has 1 N–H and O–H groups in total. The Kier molecular flexibility index (Phi) is 4.81. The van der Waals surface area contributed by atoms with E-state index in [0.29, 0.717) is 30.2 Å². The van der Waals surface area contributed by atoms with E-state index in [9.17, 15) is 13.2 Å². The third-order valence-corrected chi connectivity index (χ3v) is 4.28. The van der Waals surface area contributed by atoms with Gasteiger partial charge >= 0.3 is 0 Å². The molecule has 0 unspecified atom stereocenters. The van der Waals surface area contributed by atoms with E-state index in [-0.39, 0.29) is 19.1 Å². The predicted molar refractivity (Wildman–Crippen MR) is 77.7 cm³/mol. The summed E-state index contributed by atoms with van der Waals surface area (Å²) in [6, 6.07) is 5.15. The van der Waals surface area contributed by atoms with Crippen LogP contribution in [0.4, 0.5) is 5.69 Å². The maximum atomic E-state index is 11.7. The molecule has 0 atom stereocenters. The van der Waals surface area contributed by atoms with Crippen LogP contribution in [-0.2, 0) is 26.1 Å². The summed E-state index contributed by atoms with van der Waals surface area (Å²) in [7, 11) is -1.85. The molecule has 7 nitrogen and oxygen atoms in total. The number of nitrogens with zero attached hydrogens (tertiary/aromatic N) is 1. The zero-order chi connectivity index (χ0) is 15.5. The highest BCUT2D eigenvalue weighted by atomic mass is 32.2. The van der Waals surface area contributed by atoms with Gasteiger partial charge in [-0.2, -0.15) is 4.31 Å². The molecule has 0 radical (unpaired) electrons. The van der Waals surface area contributed by atoms with Crippen molar-refractivity contribution in [1.82, 2.24) is 4.31 Å². The van der Waals surface area contributed by atoms with Crippen molar-refractivity contribution >= 4 is 21.6 Å². The molecule has 2 rings (SSSR count). The number of ether oxygens (including phenoxy) is 2. The minimum Gasteiger partial charge on any atom is -0.492 e. The molecular weight excluding hydrogens is 296 g/mol. The van der Waals surface area contributed by atoms with Crippen LogP contribution in [0.25, 0.3) is 0 Å². The molecule has 0 saturated carbocycles. The molecule has 1 amide bonds. The van der Waals surface area contributed by atoms with Crippen LogP contribution in [0, 0.1) is 0 Å². The molecule has 21 heavy (non-hydrogen) atoms. The number of amides is 1. The summed E-state index contributed by atoms with van der Waals surface area (Å²) >= 11 is 0. The molecule has 0 saturated heterocycles. The highest BCUT2D eigenvalue weighted by Gasteiger charge is 2.22. The van der Waals surface area contributed by atoms with E-state index in [2.05, 4.69) is 5.32 Å². The fourth-order valence-electron chi connectivity index (χ4n) is 2.06. The third kappa shape index (κ3) is 4.16. The van der Waals surface area contributed by atoms with Crippen molar-refractivity contribution < 1.29 is 22.7 Å². The van der Waals surface area contributed by atoms with Crippen molar-refractivity contribution in [3.63, 3.8) is 0 Å². The van der Waals surface area contributed by atoms with Crippen molar-refractivity contribution in [3.8, 4) is 5.75 Å². The number of rotatable bonds is 4. The Morgan fingerprint density at radius 1 is 1.48 bits per heavy atom. The first-order chi connectivity index (χ1) is 9.90. The van der Waals surface area contributed by atoms with Gasteiger partial charge in [0, 0.05) is 31.5 Å².